The van der Waals surface area contributed by atoms with Crippen LogP contribution < -0.4 is 0 Å². The van der Waals surface area contributed by atoms with Gasteiger partial charge in [-0.1, -0.05) is 18.7 Å². The lowest BCUT2D eigenvalue weighted by Crippen LogP contribution is -2.63. The number of thiazole rings is 1. The molecule has 2 aliphatic rings. The van der Waals surface area contributed by atoms with Crippen LogP contribution in [-0.2, 0) is 14.1 Å². The van der Waals surface area contributed by atoms with E-state index < -0.39 is 18.0 Å². The molecule has 4 rings (SSSR count). The SMILES string of the molecule is [B]N=POC(=O)C1=C(Sc2nc3cnccc3s2)[C@H](C)[C@@H]2[C@@H]([C@@H](C)O)C(=O)N12. The number of pyridine rings is 1. The van der Waals surface area contributed by atoms with Crippen LogP contribution in [0.3, 0.4) is 0 Å². The summed E-state index contributed by atoms with van der Waals surface area (Å²) in [7, 11) is 5.01. The van der Waals surface area contributed by atoms with E-state index in [1.165, 1.54) is 28.0 Å². The Morgan fingerprint density at radius 3 is 3.04 bits per heavy atom. The quantitative estimate of drug-likeness (QED) is 0.440. The van der Waals surface area contributed by atoms with E-state index in [9.17, 15) is 14.7 Å². The Morgan fingerprint density at radius 2 is 2.36 bits per heavy atom. The molecule has 2 aromatic rings. The van der Waals surface area contributed by atoms with Gasteiger partial charge in [-0.25, -0.2) is 9.78 Å². The zero-order valence-corrected chi connectivity index (χ0v) is 17.4. The lowest BCUT2D eigenvalue weighted by molar-refractivity contribution is -0.162. The number of hydrogen-bond donors (Lipinski definition) is 1. The molecule has 2 aliphatic heterocycles. The third-order valence-corrected chi connectivity index (χ3v) is 7.56. The number of aromatic nitrogens is 2. The summed E-state index contributed by atoms with van der Waals surface area (Å²) in [6.45, 7) is 3.52. The minimum Gasteiger partial charge on any atom is -0.393 e. The molecule has 0 bridgehead atoms. The van der Waals surface area contributed by atoms with Gasteiger partial charge in [0.15, 0.2) is 4.34 Å². The van der Waals surface area contributed by atoms with Crippen molar-refractivity contribution in [2.45, 2.75) is 30.3 Å². The predicted octanol–water partition coefficient (Wildman–Crippen LogP) is 2.52. The number of β-lactam (4-membered cyclic amide) rings is 1. The Hall–Kier alpha value is -1.81. The number of carbonyl (C=O) groups excluding carboxylic acids is 2. The molecule has 1 N–H and O–H groups in total. The zero-order chi connectivity index (χ0) is 20.0. The van der Waals surface area contributed by atoms with Gasteiger partial charge in [-0.15, -0.1) is 11.3 Å². The van der Waals surface area contributed by atoms with E-state index in [2.05, 4.69) is 14.6 Å². The number of hydrogen-bond acceptors (Lipinski definition) is 9. The molecular weight excluding hydrogens is 418 g/mol. The van der Waals surface area contributed by atoms with Gasteiger partial charge in [0.1, 0.15) is 11.2 Å². The fourth-order valence-electron chi connectivity index (χ4n) is 3.65. The first-order valence-corrected chi connectivity index (χ1v) is 10.8. The summed E-state index contributed by atoms with van der Waals surface area (Å²) in [5.41, 5.74) is 0.949. The molecule has 0 aliphatic carbocycles. The van der Waals surface area contributed by atoms with Gasteiger partial charge in [0.25, 0.3) is 7.98 Å². The Labute approximate surface area is 171 Å². The monoisotopic (exact) mass is 432 g/mol. The maximum atomic E-state index is 12.6. The third-order valence-electron chi connectivity index (χ3n) is 4.84. The highest BCUT2D eigenvalue weighted by molar-refractivity contribution is 8.04. The van der Waals surface area contributed by atoms with Crippen molar-refractivity contribution in [3.63, 3.8) is 0 Å². The van der Waals surface area contributed by atoms with Crippen LogP contribution in [0.15, 0.2) is 38.1 Å². The largest absolute Gasteiger partial charge is 0.393 e. The molecule has 28 heavy (non-hydrogen) atoms. The molecule has 142 valence electrons. The van der Waals surface area contributed by atoms with Crippen LogP contribution in [0.5, 0.6) is 0 Å². The first-order chi connectivity index (χ1) is 13.4. The molecule has 4 heterocycles. The molecule has 1 fully saturated rings. The Balaban J connectivity index is 1.73. The Morgan fingerprint density at radius 1 is 1.57 bits per heavy atom. The maximum Gasteiger partial charge on any atom is 0.365 e. The van der Waals surface area contributed by atoms with E-state index >= 15 is 0 Å². The summed E-state index contributed by atoms with van der Waals surface area (Å²) in [5, 5.41) is 10.0. The van der Waals surface area contributed by atoms with Gasteiger partial charge in [-0.05, 0) is 13.0 Å². The van der Waals surface area contributed by atoms with Crippen LogP contribution in [0.1, 0.15) is 13.8 Å². The van der Waals surface area contributed by atoms with Crippen LogP contribution in [0.2, 0.25) is 0 Å². The van der Waals surface area contributed by atoms with Gasteiger partial charge in [0.2, 0.25) is 14.5 Å². The number of carbonyl (C=O) groups is 2. The standard InChI is InChI=1S/C16H14BN4O4PS2/c1-6-11-10(7(2)22)14(23)21(11)12(15(24)25-26-20-17)13(6)28-16-19-8-5-18-4-3-9(8)27-16/h3-7,10-11,22H,1-2H3/t6-,7-,10-,11-/m1/s1. The van der Waals surface area contributed by atoms with Crippen LogP contribution in [0, 0.1) is 11.8 Å². The van der Waals surface area contributed by atoms with Crippen LogP contribution >= 0.6 is 31.7 Å². The van der Waals surface area contributed by atoms with E-state index in [1.807, 2.05) is 13.0 Å². The summed E-state index contributed by atoms with van der Waals surface area (Å²) < 4.78 is 10.0. The summed E-state index contributed by atoms with van der Waals surface area (Å²) in [6, 6.07) is 1.58. The Kier molecular flexibility index (Phi) is 5.26. The Bertz CT molecular complexity index is 994. The molecule has 0 aromatic carbocycles. The second-order valence-electron chi connectivity index (χ2n) is 6.47. The second kappa shape index (κ2) is 7.55. The number of nitrogens with zero attached hydrogens (tertiary/aromatic N) is 4. The number of rotatable bonds is 5. The zero-order valence-electron chi connectivity index (χ0n) is 14.8. The van der Waals surface area contributed by atoms with E-state index in [1.54, 1.807) is 19.3 Å². The van der Waals surface area contributed by atoms with Gasteiger partial charge in [0, 0.05) is 17.0 Å². The van der Waals surface area contributed by atoms with Crippen LogP contribution in [0.25, 0.3) is 10.2 Å². The van der Waals surface area contributed by atoms with Crippen LogP contribution in [0.4, 0.5) is 0 Å². The minimum absolute atomic E-state index is 0.0473. The molecular formula is C16H14BN4O4PS2. The molecule has 1 amide bonds. The van der Waals surface area contributed by atoms with E-state index in [4.69, 9.17) is 12.5 Å². The van der Waals surface area contributed by atoms with Crippen molar-refractivity contribution in [1.82, 2.24) is 14.9 Å². The van der Waals surface area contributed by atoms with Gasteiger partial charge in [-0.2, -0.15) is 0 Å². The van der Waals surface area contributed by atoms with Gasteiger partial charge in [-0.3, -0.25) is 9.78 Å². The summed E-state index contributed by atoms with van der Waals surface area (Å²) >= 11 is 2.82. The van der Waals surface area contributed by atoms with Crippen molar-refractivity contribution < 1.29 is 19.2 Å². The van der Waals surface area contributed by atoms with Crippen LogP contribution in [-0.4, -0.2) is 52.0 Å². The third kappa shape index (κ3) is 3.06. The summed E-state index contributed by atoms with van der Waals surface area (Å²) in [4.78, 5) is 36.0. The van der Waals surface area contributed by atoms with Crippen molar-refractivity contribution in [2.75, 3.05) is 0 Å². The van der Waals surface area contributed by atoms with Crippen molar-refractivity contribution in [3.8, 4) is 0 Å². The predicted molar refractivity (Wildman–Crippen MR) is 106 cm³/mol. The lowest BCUT2D eigenvalue weighted by Gasteiger charge is -2.46. The topological polar surface area (TPSA) is 105 Å². The maximum absolute atomic E-state index is 12.6. The molecule has 0 spiro atoms. The molecule has 8 nitrogen and oxygen atoms in total. The highest BCUT2D eigenvalue weighted by Crippen LogP contribution is 2.52. The highest BCUT2D eigenvalue weighted by Gasteiger charge is 2.60. The number of aliphatic hydroxyl groups excluding tert-OH is 1. The smallest absolute Gasteiger partial charge is 0.365 e. The van der Waals surface area contributed by atoms with Crippen molar-refractivity contribution in [2.24, 2.45) is 16.5 Å². The first kappa shape index (κ1) is 19.5. The van der Waals surface area contributed by atoms with Crippen molar-refractivity contribution in [3.05, 3.63) is 29.1 Å². The highest BCUT2D eigenvalue weighted by atomic mass is 32.2. The molecule has 0 saturated carbocycles. The molecule has 1 saturated heterocycles. The molecule has 12 heteroatoms. The fourth-order valence-corrected chi connectivity index (χ4v) is 6.16. The number of amides is 1. The molecule has 2 radical (unpaired) electrons. The van der Waals surface area contributed by atoms with Gasteiger partial charge in [0.05, 0.1) is 29.0 Å². The van der Waals surface area contributed by atoms with Gasteiger partial charge >= 0.3 is 5.97 Å². The van der Waals surface area contributed by atoms with E-state index in [0.717, 1.165) is 14.6 Å². The lowest BCUT2D eigenvalue weighted by atomic mass is 9.79. The fraction of sp³-hybridized carbons (Fsp3) is 0.375. The second-order valence-corrected chi connectivity index (χ2v) is 9.36. The summed E-state index contributed by atoms with van der Waals surface area (Å²) in [6.07, 6.45) is 2.57. The molecule has 0 unspecified atom stereocenters. The number of fused-ring (bicyclic) bond motifs is 2. The number of thioether (sulfide) groups is 1. The normalized spacial score (nSPS) is 25.3. The minimum atomic E-state index is -0.802. The first-order valence-electron chi connectivity index (χ1n) is 8.39. The average molecular weight is 432 g/mol. The van der Waals surface area contributed by atoms with Crippen molar-refractivity contribution in [1.29, 1.82) is 0 Å². The van der Waals surface area contributed by atoms with Crippen molar-refractivity contribution >= 4 is 61.8 Å². The summed E-state index contributed by atoms with van der Waals surface area (Å²) in [5.74, 6) is -1.66. The number of aliphatic hydroxyl groups is 1. The molecule has 2 aromatic heterocycles. The van der Waals surface area contributed by atoms with Gasteiger partial charge < -0.3 is 19.2 Å². The molecule has 4 atom stereocenters. The van der Waals surface area contributed by atoms with E-state index in [0.29, 0.717) is 4.91 Å². The average Bonchev–Trinajstić information content (AvgIpc) is 3.17. The van der Waals surface area contributed by atoms with E-state index in [-0.39, 0.29) is 32.2 Å².